The zero-order valence-electron chi connectivity index (χ0n) is 23.9. The molecule has 4 rings (SSSR count). The molecule has 1 fully saturated rings. The molecule has 0 spiro atoms. The molecule has 3 unspecified atom stereocenters. The maximum absolute atomic E-state index is 13.2. The molecule has 1 aromatic carbocycles. The molecule has 1 aromatic heterocycles. The van der Waals surface area contributed by atoms with Crippen molar-refractivity contribution in [1.82, 2.24) is 30.8 Å². The second kappa shape index (κ2) is 15.8. The molecular weight excluding hydrogens is 633 g/mol. The van der Waals surface area contributed by atoms with E-state index >= 15 is 0 Å². The predicted octanol–water partition coefficient (Wildman–Crippen LogP) is 2.53. The number of carbonyl (C=O) groups is 3. The van der Waals surface area contributed by atoms with Gasteiger partial charge in [0, 0.05) is 11.0 Å². The Morgan fingerprint density at radius 3 is 2.36 bits per heavy atom. The number of hydrogen-bond acceptors (Lipinski definition) is 11. The number of aromatic nitrogens is 4. The van der Waals surface area contributed by atoms with Gasteiger partial charge >= 0.3 is 5.97 Å². The summed E-state index contributed by atoms with van der Waals surface area (Å²) in [6.45, 7) is 0. The van der Waals surface area contributed by atoms with E-state index in [-0.39, 0.29) is 16.7 Å². The molecule has 0 radical (unpaired) electrons. The topological polar surface area (TPSA) is 216 Å². The lowest BCUT2D eigenvalue weighted by atomic mass is 9.98. The Balaban J connectivity index is 1.35. The van der Waals surface area contributed by atoms with Gasteiger partial charge in [-0.3, -0.25) is 19.0 Å². The summed E-state index contributed by atoms with van der Waals surface area (Å²) in [5.41, 5.74) is 0.875. The lowest BCUT2D eigenvalue weighted by molar-refractivity contribution is -0.151. The van der Waals surface area contributed by atoms with Gasteiger partial charge in [-0.15, -0.1) is 16.9 Å². The Morgan fingerprint density at radius 1 is 1.09 bits per heavy atom. The van der Waals surface area contributed by atoms with Crippen LogP contribution in [0.15, 0.2) is 46.8 Å². The minimum atomic E-state index is -3.91. The maximum Gasteiger partial charge on any atom is 0.352 e. The molecule has 0 saturated carbocycles. The standard InChI is InChI=1S/C27H36N6O8S3/c34-22(17-12-8-7-9-13-17)23(35)28-20-24(36)33-21(26(37)38)18(16-42-25(20)33)19(43-27-29-31-32-30-27)14-10-5-3-1-2-4-6-11-15-44(39,40)41/h7-9,12-13,19-20,22,25,34H,1-6,10-11,14-16H2,(H,28,35)(H,37,38)(H,39,40,41)(H,29,30,31,32)/t19?,20?,22?,25-/m0/s1. The van der Waals surface area contributed by atoms with Gasteiger partial charge in [-0.05, 0) is 34.4 Å². The summed E-state index contributed by atoms with van der Waals surface area (Å²) in [5, 5.41) is 36.6. The summed E-state index contributed by atoms with van der Waals surface area (Å²) >= 11 is 2.67. The van der Waals surface area contributed by atoms with Gasteiger partial charge in [0.1, 0.15) is 17.1 Å². The fourth-order valence-corrected chi connectivity index (χ4v) is 8.39. The van der Waals surface area contributed by atoms with Crippen LogP contribution < -0.4 is 5.32 Å². The number of rotatable bonds is 18. The van der Waals surface area contributed by atoms with Gasteiger partial charge in [0.2, 0.25) is 5.16 Å². The predicted molar refractivity (Wildman–Crippen MR) is 163 cm³/mol. The number of carbonyl (C=O) groups excluding carboxylic acids is 2. The van der Waals surface area contributed by atoms with Crippen LogP contribution in [0.4, 0.5) is 0 Å². The Morgan fingerprint density at radius 2 is 1.75 bits per heavy atom. The molecule has 2 aliphatic rings. The average molecular weight is 669 g/mol. The fraction of sp³-hybridized carbons (Fsp3) is 0.556. The SMILES string of the molecule is O=C(O)C1=C(C(CCCCCCCCCCS(=O)(=O)O)Sc2nnn[nH]2)CS[C@H]2C(NC(=O)C(O)c3ccccc3)C(=O)N12. The number of β-lactam (4-membered cyclic amide) rings is 1. The van der Waals surface area contributed by atoms with Crippen LogP contribution in [0.5, 0.6) is 0 Å². The van der Waals surface area contributed by atoms with Crippen molar-refractivity contribution in [3.05, 3.63) is 47.2 Å². The van der Waals surface area contributed by atoms with E-state index in [1.54, 1.807) is 30.3 Å². The summed E-state index contributed by atoms with van der Waals surface area (Å²) in [7, 11) is -3.91. The smallest absolute Gasteiger partial charge is 0.352 e. The molecule has 14 nitrogen and oxygen atoms in total. The van der Waals surface area contributed by atoms with Crippen LogP contribution in [-0.2, 0) is 24.5 Å². The van der Waals surface area contributed by atoms with Gasteiger partial charge in [-0.25, -0.2) is 9.89 Å². The first kappa shape index (κ1) is 33.9. The van der Waals surface area contributed by atoms with Crippen LogP contribution in [0.2, 0.25) is 0 Å². The number of thioether (sulfide) groups is 2. The number of aromatic amines is 1. The van der Waals surface area contributed by atoms with E-state index in [0.717, 1.165) is 44.9 Å². The number of unbranched alkanes of at least 4 members (excludes halogenated alkanes) is 7. The third-order valence-corrected chi connectivity index (χ3v) is 10.8. The fourth-order valence-electron chi connectivity index (χ4n) is 5.22. The zero-order valence-corrected chi connectivity index (χ0v) is 26.3. The third-order valence-electron chi connectivity index (χ3n) is 7.45. The molecular formula is C27H36N6O8S3. The first-order valence-electron chi connectivity index (χ1n) is 14.4. The van der Waals surface area contributed by atoms with Crippen molar-refractivity contribution in [2.75, 3.05) is 11.5 Å². The number of amides is 2. The van der Waals surface area contributed by atoms with Crippen LogP contribution in [0.25, 0.3) is 0 Å². The molecule has 0 aliphatic carbocycles. The van der Waals surface area contributed by atoms with E-state index in [1.807, 2.05) is 0 Å². The highest BCUT2D eigenvalue weighted by molar-refractivity contribution is 8.01. The Kier molecular flexibility index (Phi) is 12.2. The quantitative estimate of drug-likeness (QED) is 0.0669. The van der Waals surface area contributed by atoms with Crippen LogP contribution in [0.1, 0.15) is 69.5 Å². The number of H-pyrrole nitrogens is 1. The highest BCUT2D eigenvalue weighted by Gasteiger charge is 2.55. The van der Waals surface area contributed by atoms with Crippen LogP contribution in [-0.4, -0.2) is 94.7 Å². The number of fused-ring (bicyclic) bond motifs is 1. The number of carboxylic acids is 1. The lowest BCUT2D eigenvalue weighted by Crippen LogP contribution is -2.71. The zero-order chi connectivity index (χ0) is 31.7. The van der Waals surface area contributed by atoms with Gasteiger partial charge in [-0.1, -0.05) is 87.0 Å². The second-order valence-corrected chi connectivity index (χ2v) is 14.5. The first-order chi connectivity index (χ1) is 21.1. The monoisotopic (exact) mass is 668 g/mol. The highest BCUT2D eigenvalue weighted by Crippen LogP contribution is 2.44. The number of aliphatic hydroxyl groups excluding tert-OH is 1. The largest absolute Gasteiger partial charge is 0.477 e. The van der Waals surface area contributed by atoms with Gasteiger partial charge in [-0.2, -0.15) is 8.42 Å². The maximum atomic E-state index is 13.2. The van der Waals surface area contributed by atoms with Crippen LogP contribution in [0, 0.1) is 0 Å². The number of tetrazole rings is 1. The van der Waals surface area contributed by atoms with Crippen molar-refractivity contribution < 1.29 is 37.6 Å². The number of aliphatic hydroxyl groups is 1. The third kappa shape index (κ3) is 9.03. The molecule has 5 N–H and O–H groups in total. The molecule has 2 aliphatic heterocycles. The van der Waals surface area contributed by atoms with Gasteiger partial charge in [0.15, 0.2) is 6.10 Å². The van der Waals surface area contributed by atoms with E-state index in [1.165, 1.54) is 28.4 Å². The Labute approximate surface area is 263 Å². The Hall–Kier alpha value is -2.99. The van der Waals surface area contributed by atoms with E-state index < -0.39 is 45.4 Å². The average Bonchev–Trinajstić information content (AvgIpc) is 3.52. The number of aliphatic carboxylic acids is 1. The summed E-state index contributed by atoms with van der Waals surface area (Å²) in [4.78, 5) is 39.6. The van der Waals surface area contributed by atoms with Gasteiger partial charge in [0.05, 0.1) is 5.75 Å². The lowest BCUT2D eigenvalue weighted by Gasteiger charge is -2.50. The molecule has 17 heteroatoms. The van der Waals surface area contributed by atoms with Crippen molar-refractivity contribution in [2.24, 2.45) is 0 Å². The molecule has 2 amide bonds. The normalized spacial score (nSPS) is 19.7. The van der Waals surface area contributed by atoms with E-state index in [2.05, 4.69) is 25.9 Å². The summed E-state index contributed by atoms with van der Waals surface area (Å²) in [6.07, 6.45) is 5.83. The minimum Gasteiger partial charge on any atom is -0.477 e. The van der Waals surface area contributed by atoms with Crippen LogP contribution in [0.3, 0.4) is 0 Å². The number of hydrogen-bond donors (Lipinski definition) is 5. The van der Waals surface area contributed by atoms with Crippen molar-refractivity contribution in [2.45, 2.75) is 85.7 Å². The molecule has 0 bridgehead atoms. The van der Waals surface area contributed by atoms with E-state index in [9.17, 15) is 33.0 Å². The molecule has 3 heterocycles. The van der Waals surface area contributed by atoms with Crippen molar-refractivity contribution in [3.8, 4) is 0 Å². The molecule has 44 heavy (non-hydrogen) atoms. The van der Waals surface area contributed by atoms with Crippen molar-refractivity contribution in [1.29, 1.82) is 0 Å². The molecule has 240 valence electrons. The van der Waals surface area contributed by atoms with Gasteiger partial charge < -0.3 is 15.5 Å². The van der Waals surface area contributed by atoms with Crippen molar-refractivity contribution >= 4 is 51.4 Å². The van der Waals surface area contributed by atoms with E-state index in [4.69, 9.17) is 4.55 Å². The molecule has 2 aromatic rings. The molecule has 4 atom stereocenters. The number of nitrogens with zero attached hydrogens (tertiary/aromatic N) is 4. The number of nitrogens with one attached hydrogen (secondary N) is 2. The number of carboxylic acid groups (broad SMARTS) is 1. The number of benzene rings is 1. The minimum absolute atomic E-state index is 0.0947. The summed E-state index contributed by atoms with van der Waals surface area (Å²) in [6, 6.07) is 7.38. The first-order valence-corrected chi connectivity index (χ1v) is 17.9. The summed E-state index contributed by atoms with van der Waals surface area (Å²) in [5.74, 6) is -2.40. The molecule has 1 saturated heterocycles. The van der Waals surface area contributed by atoms with Crippen molar-refractivity contribution in [3.63, 3.8) is 0 Å². The van der Waals surface area contributed by atoms with Gasteiger partial charge in [0.25, 0.3) is 21.9 Å². The van der Waals surface area contributed by atoms with Crippen LogP contribution >= 0.6 is 23.5 Å². The summed E-state index contributed by atoms with van der Waals surface area (Å²) < 4.78 is 30.4. The highest BCUT2D eigenvalue weighted by atomic mass is 32.2. The van der Waals surface area contributed by atoms with E-state index in [0.29, 0.717) is 34.9 Å². The Bertz CT molecular complexity index is 1420. The second-order valence-electron chi connectivity index (χ2n) is 10.6.